The number of rotatable bonds is 12. The number of carbonyl (C=O) groups excluding carboxylic acids is 1. The van der Waals surface area contributed by atoms with Gasteiger partial charge in [-0.3, -0.25) is 0 Å². The number of fused-ring (bicyclic) bond motifs is 1. The van der Waals surface area contributed by atoms with Crippen LogP contribution in [0.25, 0.3) is 11.0 Å². The topological polar surface area (TPSA) is 93.8 Å². The SMILES string of the molecule is CCCCCCc1cc2cc(C(=O)O)c(=O)oc2cc1OC(=O)/C=C(C)/C=C/C=C(C)/C=C/C1=C(C)CCCC1(C)C. The Bertz CT molecular complexity index is 1520. The first-order valence-electron chi connectivity index (χ1n) is 14.9. The normalized spacial score (nSPS) is 16.1. The van der Waals surface area contributed by atoms with E-state index in [1.807, 2.05) is 25.2 Å². The molecule has 2 aromatic rings. The molecule has 42 heavy (non-hydrogen) atoms. The minimum Gasteiger partial charge on any atom is -0.477 e. The Kier molecular flexibility index (Phi) is 11.5. The van der Waals surface area contributed by atoms with Gasteiger partial charge in [-0.2, -0.15) is 0 Å². The zero-order valence-corrected chi connectivity index (χ0v) is 25.8. The summed E-state index contributed by atoms with van der Waals surface area (Å²) >= 11 is 0. The molecule has 1 heterocycles. The largest absolute Gasteiger partial charge is 0.477 e. The van der Waals surface area contributed by atoms with E-state index in [0.717, 1.165) is 48.8 Å². The van der Waals surface area contributed by atoms with Crippen molar-refractivity contribution in [2.24, 2.45) is 5.41 Å². The quantitative estimate of drug-likeness (QED) is 0.0681. The van der Waals surface area contributed by atoms with Crippen LogP contribution in [0, 0.1) is 5.41 Å². The van der Waals surface area contributed by atoms with Crippen molar-refractivity contribution < 1.29 is 23.8 Å². The molecule has 0 aliphatic heterocycles. The molecule has 1 aromatic heterocycles. The van der Waals surface area contributed by atoms with E-state index in [2.05, 4.69) is 46.8 Å². The van der Waals surface area contributed by atoms with E-state index in [4.69, 9.17) is 9.15 Å². The second-order valence-corrected chi connectivity index (χ2v) is 11.9. The number of aromatic carboxylic acids is 1. The van der Waals surface area contributed by atoms with Crippen molar-refractivity contribution in [1.82, 2.24) is 0 Å². The van der Waals surface area contributed by atoms with E-state index in [1.54, 1.807) is 6.07 Å². The number of benzene rings is 1. The van der Waals surface area contributed by atoms with Gasteiger partial charge in [-0.25, -0.2) is 14.4 Å². The molecular weight excluding hydrogens is 528 g/mol. The maximum atomic E-state index is 12.8. The Balaban J connectivity index is 1.76. The molecule has 0 saturated heterocycles. The lowest BCUT2D eigenvalue weighted by Gasteiger charge is -2.32. The van der Waals surface area contributed by atoms with Crippen molar-refractivity contribution >= 4 is 22.9 Å². The van der Waals surface area contributed by atoms with Crippen LogP contribution in [0.5, 0.6) is 5.75 Å². The summed E-state index contributed by atoms with van der Waals surface area (Å²) in [4.78, 5) is 36.3. The van der Waals surface area contributed by atoms with Gasteiger partial charge in [0.25, 0.3) is 0 Å². The number of unbranched alkanes of at least 4 members (excludes halogenated alkanes) is 3. The standard InChI is InChI=1S/C36H44O6/c1-7-8-9-10-16-27-21-28-22-29(34(38)39)35(40)42-32(28)23-31(27)41-33(37)20-25(3)14-11-13-24(2)17-18-30-26(4)15-12-19-36(30,5)6/h11,13-14,17-18,20-23H,7-10,12,15-16,19H2,1-6H3,(H,38,39)/b14-11+,18-17+,24-13+,25-20+. The van der Waals surface area contributed by atoms with Crippen molar-refractivity contribution in [2.75, 3.05) is 0 Å². The summed E-state index contributed by atoms with van der Waals surface area (Å²) in [6, 6.07) is 4.54. The van der Waals surface area contributed by atoms with E-state index in [9.17, 15) is 19.5 Å². The monoisotopic (exact) mass is 572 g/mol. The van der Waals surface area contributed by atoms with Crippen LogP contribution >= 0.6 is 0 Å². The van der Waals surface area contributed by atoms with Crippen LogP contribution in [0.2, 0.25) is 0 Å². The van der Waals surface area contributed by atoms with Crippen molar-refractivity contribution in [3.8, 4) is 5.75 Å². The van der Waals surface area contributed by atoms with Crippen LogP contribution in [0.4, 0.5) is 0 Å². The number of aryl methyl sites for hydroxylation is 1. The van der Waals surface area contributed by atoms with Gasteiger partial charge in [-0.15, -0.1) is 0 Å². The maximum Gasteiger partial charge on any atom is 0.351 e. The Morgan fingerprint density at radius 3 is 2.52 bits per heavy atom. The lowest BCUT2D eigenvalue weighted by atomic mass is 9.72. The molecule has 1 aliphatic carbocycles. The molecule has 0 unspecified atom stereocenters. The Labute approximate surface area is 249 Å². The molecule has 0 fully saturated rings. The van der Waals surface area contributed by atoms with E-state index < -0.39 is 23.1 Å². The fourth-order valence-electron chi connectivity index (χ4n) is 5.38. The zero-order valence-electron chi connectivity index (χ0n) is 25.8. The first kappa shape index (κ1) is 32.6. The highest BCUT2D eigenvalue weighted by atomic mass is 16.5. The molecule has 6 nitrogen and oxygen atoms in total. The average Bonchev–Trinajstić information content (AvgIpc) is 2.90. The van der Waals surface area contributed by atoms with Gasteiger partial charge in [0, 0.05) is 17.5 Å². The second kappa shape index (κ2) is 14.8. The fraction of sp³-hybridized carbons (Fsp3) is 0.417. The summed E-state index contributed by atoms with van der Waals surface area (Å²) in [5.74, 6) is -1.58. The molecule has 1 aromatic carbocycles. The minimum absolute atomic E-state index is 0.168. The van der Waals surface area contributed by atoms with Gasteiger partial charge in [-0.05, 0) is 87.1 Å². The third kappa shape index (κ3) is 9.04. The molecule has 1 aliphatic rings. The lowest BCUT2D eigenvalue weighted by molar-refractivity contribution is -0.129. The van der Waals surface area contributed by atoms with Gasteiger partial charge in [0.1, 0.15) is 16.9 Å². The van der Waals surface area contributed by atoms with Crippen LogP contribution in [-0.4, -0.2) is 17.0 Å². The molecule has 0 radical (unpaired) electrons. The molecule has 0 spiro atoms. The minimum atomic E-state index is -1.35. The molecule has 0 atom stereocenters. The average molecular weight is 573 g/mol. The van der Waals surface area contributed by atoms with Crippen LogP contribution in [-0.2, 0) is 11.2 Å². The Morgan fingerprint density at radius 1 is 1.07 bits per heavy atom. The summed E-state index contributed by atoms with van der Waals surface area (Å²) in [5.41, 5.74) is 4.47. The van der Waals surface area contributed by atoms with Gasteiger partial charge in [-0.1, -0.05) is 81.6 Å². The van der Waals surface area contributed by atoms with Crippen LogP contribution < -0.4 is 10.4 Å². The second-order valence-electron chi connectivity index (χ2n) is 11.9. The number of esters is 1. The number of hydrogen-bond donors (Lipinski definition) is 1. The maximum absolute atomic E-state index is 12.8. The number of carboxylic acids is 1. The highest BCUT2D eigenvalue weighted by Gasteiger charge is 2.26. The smallest absolute Gasteiger partial charge is 0.351 e. The van der Waals surface area contributed by atoms with Crippen LogP contribution in [0.15, 0.2) is 86.2 Å². The van der Waals surface area contributed by atoms with Crippen molar-refractivity contribution in [3.63, 3.8) is 0 Å². The van der Waals surface area contributed by atoms with E-state index in [1.165, 1.54) is 42.2 Å². The van der Waals surface area contributed by atoms with E-state index in [0.29, 0.717) is 17.6 Å². The number of hydrogen-bond acceptors (Lipinski definition) is 5. The predicted molar refractivity (Wildman–Crippen MR) is 169 cm³/mol. The molecule has 3 rings (SSSR count). The lowest BCUT2D eigenvalue weighted by Crippen LogP contribution is -2.19. The van der Waals surface area contributed by atoms with Gasteiger partial charge < -0.3 is 14.3 Å². The molecule has 1 N–H and O–H groups in total. The summed E-state index contributed by atoms with van der Waals surface area (Å²) in [6.07, 6.45) is 19.9. The summed E-state index contributed by atoms with van der Waals surface area (Å²) in [6.45, 7) is 12.9. The summed E-state index contributed by atoms with van der Waals surface area (Å²) in [7, 11) is 0. The molecule has 224 valence electrons. The summed E-state index contributed by atoms with van der Waals surface area (Å²) < 4.78 is 10.9. The van der Waals surface area contributed by atoms with Gasteiger partial charge >= 0.3 is 17.6 Å². The molecule has 0 amide bonds. The summed E-state index contributed by atoms with van der Waals surface area (Å²) in [5, 5.41) is 9.78. The number of ether oxygens (including phenoxy) is 1. The highest BCUT2D eigenvalue weighted by Crippen LogP contribution is 2.40. The van der Waals surface area contributed by atoms with Crippen molar-refractivity contribution in [2.45, 2.75) is 92.9 Å². The predicted octanol–water partition coefficient (Wildman–Crippen LogP) is 9.05. The number of allylic oxidation sites excluding steroid dienone is 9. The first-order valence-corrected chi connectivity index (χ1v) is 14.9. The van der Waals surface area contributed by atoms with Gasteiger partial charge in [0.15, 0.2) is 0 Å². The van der Waals surface area contributed by atoms with Crippen LogP contribution in [0.3, 0.4) is 0 Å². The fourth-order valence-corrected chi connectivity index (χ4v) is 5.38. The highest BCUT2D eigenvalue weighted by molar-refractivity contribution is 5.92. The van der Waals surface area contributed by atoms with Crippen molar-refractivity contribution in [3.05, 3.63) is 98.5 Å². The zero-order chi connectivity index (χ0) is 30.9. The molecular formula is C36H44O6. The third-order valence-corrected chi connectivity index (χ3v) is 7.78. The molecule has 0 saturated carbocycles. The van der Waals surface area contributed by atoms with Crippen molar-refractivity contribution in [1.29, 1.82) is 0 Å². The van der Waals surface area contributed by atoms with Gasteiger partial charge in [0.2, 0.25) is 0 Å². The van der Waals surface area contributed by atoms with E-state index >= 15 is 0 Å². The first-order chi connectivity index (χ1) is 19.9. The van der Waals surface area contributed by atoms with E-state index in [-0.39, 0.29) is 11.0 Å². The number of carbonyl (C=O) groups is 2. The Hall–Kier alpha value is -3.93. The van der Waals surface area contributed by atoms with Gasteiger partial charge in [0.05, 0.1) is 0 Å². The Morgan fingerprint density at radius 2 is 1.83 bits per heavy atom. The molecule has 6 heteroatoms. The third-order valence-electron chi connectivity index (χ3n) is 7.78. The molecule has 0 bridgehead atoms. The number of carboxylic acid groups (broad SMARTS) is 1. The van der Waals surface area contributed by atoms with Crippen LogP contribution in [0.1, 0.15) is 102 Å².